The molecular weight excluding hydrogens is 350 g/mol. The van der Waals surface area contributed by atoms with Gasteiger partial charge in [-0.15, -0.1) is 0 Å². The number of nitrogens with one attached hydrogen (secondary N) is 1. The highest BCUT2D eigenvalue weighted by molar-refractivity contribution is 9.10. The number of methoxy groups -OCH3 is 2. The van der Waals surface area contributed by atoms with Crippen molar-refractivity contribution < 1.29 is 9.47 Å². The predicted molar refractivity (Wildman–Crippen MR) is 85.4 cm³/mol. The normalized spacial score (nSPS) is 10.7. The van der Waals surface area contributed by atoms with E-state index >= 15 is 0 Å². The van der Waals surface area contributed by atoms with Gasteiger partial charge >= 0.3 is 0 Å². The maximum absolute atomic E-state index is 5.39. The molecule has 0 radical (unpaired) electrons. The molecule has 2 heterocycles. The van der Waals surface area contributed by atoms with Gasteiger partial charge in [-0.05, 0) is 28.1 Å². The van der Waals surface area contributed by atoms with E-state index in [1.54, 1.807) is 24.9 Å². The Labute approximate surface area is 135 Å². The lowest BCUT2D eigenvalue weighted by Crippen LogP contribution is -2.06. The van der Waals surface area contributed by atoms with Gasteiger partial charge in [-0.3, -0.25) is 0 Å². The van der Waals surface area contributed by atoms with Gasteiger partial charge in [-0.1, -0.05) is 0 Å². The third-order valence-electron chi connectivity index (χ3n) is 3.17. The average molecular weight is 364 g/mol. The summed E-state index contributed by atoms with van der Waals surface area (Å²) >= 11 is 3.36. The van der Waals surface area contributed by atoms with Crippen LogP contribution in [0.25, 0.3) is 5.65 Å². The first-order chi connectivity index (χ1) is 10.7. The highest BCUT2D eigenvalue weighted by atomic mass is 79.9. The molecule has 3 rings (SSSR count). The van der Waals surface area contributed by atoms with Crippen LogP contribution in [0.15, 0.2) is 35.3 Å². The van der Waals surface area contributed by atoms with Gasteiger partial charge in [0.05, 0.1) is 20.4 Å². The number of fused-ring (bicyclic) bond motifs is 1. The van der Waals surface area contributed by atoms with Crippen LogP contribution in [0.5, 0.6) is 11.5 Å². The Hall–Kier alpha value is -2.35. The maximum Gasteiger partial charge on any atom is 0.198 e. The number of aromatic nitrogens is 4. The maximum atomic E-state index is 5.39. The van der Waals surface area contributed by atoms with Crippen LogP contribution in [0.3, 0.4) is 0 Å². The number of hydrogen-bond acceptors (Lipinski definition) is 6. The van der Waals surface area contributed by atoms with Crippen molar-refractivity contribution in [3.05, 3.63) is 40.9 Å². The highest BCUT2D eigenvalue weighted by Gasteiger charge is 2.09. The van der Waals surface area contributed by atoms with E-state index in [0.717, 1.165) is 17.1 Å². The van der Waals surface area contributed by atoms with Crippen LogP contribution in [0.4, 0.5) is 5.82 Å². The van der Waals surface area contributed by atoms with Crippen molar-refractivity contribution >= 4 is 27.4 Å². The van der Waals surface area contributed by atoms with Gasteiger partial charge in [0.15, 0.2) is 11.5 Å². The number of ether oxygens (including phenoxy) is 2. The summed E-state index contributed by atoms with van der Waals surface area (Å²) in [6.07, 6.45) is 3.24. The Bertz CT molecular complexity index is 805. The molecule has 0 unspecified atom stereocenters. The van der Waals surface area contributed by atoms with Crippen molar-refractivity contribution in [2.24, 2.45) is 0 Å². The molecule has 0 fully saturated rings. The molecule has 0 saturated heterocycles. The lowest BCUT2D eigenvalue weighted by atomic mass is 10.2. The number of halogens is 1. The van der Waals surface area contributed by atoms with E-state index < -0.39 is 0 Å². The third kappa shape index (κ3) is 2.82. The molecule has 0 aliphatic rings. The van der Waals surface area contributed by atoms with Gasteiger partial charge in [-0.25, -0.2) is 14.5 Å². The molecular formula is C14H14BrN5O2. The Kier molecular flexibility index (Phi) is 4.10. The van der Waals surface area contributed by atoms with Gasteiger partial charge in [-0.2, -0.15) is 5.10 Å². The Morgan fingerprint density at radius 3 is 2.91 bits per heavy atom. The molecule has 0 saturated carbocycles. The van der Waals surface area contributed by atoms with Gasteiger partial charge in [0.1, 0.15) is 22.4 Å². The smallest absolute Gasteiger partial charge is 0.198 e. The fourth-order valence-electron chi connectivity index (χ4n) is 2.10. The van der Waals surface area contributed by atoms with Gasteiger partial charge in [0, 0.05) is 18.2 Å². The first-order valence-electron chi connectivity index (χ1n) is 6.52. The van der Waals surface area contributed by atoms with Gasteiger partial charge in [0.25, 0.3) is 0 Å². The molecule has 22 heavy (non-hydrogen) atoms. The van der Waals surface area contributed by atoms with E-state index in [9.17, 15) is 0 Å². The summed E-state index contributed by atoms with van der Waals surface area (Å²) in [7, 11) is 3.26. The zero-order valence-electron chi connectivity index (χ0n) is 12.1. The minimum atomic E-state index is 0.541. The predicted octanol–water partition coefficient (Wildman–Crippen LogP) is 2.52. The number of hydrogen-bond donors (Lipinski definition) is 1. The highest BCUT2D eigenvalue weighted by Crippen LogP contribution is 2.25. The fraction of sp³-hybridized carbons (Fsp3) is 0.214. The van der Waals surface area contributed by atoms with Crippen molar-refractivity contribution in [3.8, 4) is 11.5 Å². The number of nitrogens with zero attached hydrogens (tertiary/aromatic N) is 4. The first kappa shape index (κ1) is 14.6. The molecule has 0 bridgehead atoms. The number of rotatable bonds is 5. The van der Waals surface area contributed by atoms with Crippen molar-refractivity contribution in [1.82, 2.24) is 19.6 Å². The standard InChI is InChI=1S/C14H14BrN5O2/c1-21-10-4-3-9(11(5-10)22-2)6-16-13-14-17-8-18-20(14)7-12(15)19-13/h3-5,7-8H,6H2,1-2H3,(H,16,19). The summed E-state index contributed by atoms with van der Waals surface area (Å²) in [5, 5.41) is 7.36. The zero-order chi connectivity index (χ0) is 15.5. The number of anilines is 1. The summed E-state index contributed by atoms with van der Waals surface area (Å²) in [4.78, 5) is 8.59. The quantitative estimate of drug-likeness (QED) is 0.750. The second-order valence-corrected chi connectivity index (χ2v) is 5.28. The lowest BCUT2D eigenvalue weighted by Gasteiger charge is -2.12. The molecule has 0 spiro atoms. The third-order valence-corrected chi connectivity index (χ3v) is 3.55. The van der Waals surface area contributed by atoms with Crippen LogP contribution in [-0.2, 0) is 6.54 Å². The summed E-state index contributed by atoms with van der Waals surface area (Å²) in [5.41, 5.74) is 1.65. The molecule has 1 N–H and O–H groups in total. The molecule has 3 aromatic rings. The lowest BCUT2D eigenvalue weighted by molar-refractivity contribution is 0.391. The van der Waals surface area contributed by atoms with Crippen LogP contribution in [-0.4, -0.2) is 33.8 Å². The van der Waals surface area contributed by atoms with E-state index in [-0.39, 0.29) is 0 Å². The molecule has 0 atom stereocenters. The zero-order valence-corrected chi connectivity index (χ0v) is 13.7. The van der Waals surface area contributed by atoms with E-state index in [4.69, 9.17) is 9.47 Å². The molecule has 2 aromatic heterocycles. The molecule has 114 valence electrons. The summed E-state index contributed by atoms with van der Waals surface area (Å²) in [6, 6.07) is 5.68. The van der Waals surface area contributed by atoms with Crippen LogP contribution < -0.4 is 14.8 Å². The van der Waals surface area contributed by atoms with E-state index in [2.05, 4.69) is 36.3 Å². The first-order valence-corrected chi connectivity index (χ1v) is 7.31. The second-order valence-electron chi connectivity index (χ2n) is 4.47. The van der Waals surface area contributed by atoms with Crippen molar-refractivity contribution in [2.75, 3.05) is 19.5 Å². The largest absolute Gasteiger partial charge is 0.497 e. The van der Waals surface area contributed by atoms with E-state index in [0.29, 0.717) is 22.6 Å². The summed E-state index contributed by atoms with van der Waals surface area (Å²) in [6.45, 7) is 0.541. The molecule has 0 aliphatic carbocycles. The minimum Gasteiger partial charge on any atom is -0.497 e. The molecule has 0 amide bonds. The fourth-order valence-corrected chi connectivity index (χ4v) is 2.47. The Morgan fingerprint density at radius 1 is 1.27 bits per heavy atom. The Morgan fingerprint density at radius 2 is 2.14 bits per heavy atom. The van der Waals surface area contributed by atoms with E-state index in [1.807, 2.05) is 18.2 Å². The van der Waals surface area contributed by atoms with Crippen molar-refractivity contribution in [3.63, 3.8) is 0 Å². The monoisotopic (exact) mass is 363 g/mol. The minimum absolute atomic E-state index is 0.541. The van der Waals surface area contributed by atoms with Gasteiger partial charge < -0.3 is 14.8 Å². The summed E-state index contributed by atoms with van der Waals surface area (Å²) < 4.78 is 12.9. The van der Waals surface area contributed by atoms with Crippen LogP contribution in [0.1, 0.15) is 5.56 Å². The van der Waals surface area contributed by atoms with E-state index in [1.165, 1.54) is 6.33 Å². The molecule has 1 aromatic carbocycles. The van der Waals surface area contributed by atoms with Crippen LogP contribution >= 0.6 is 15.9 Å². The number of benzene rings is 1. The van der Waals surface area contributed by atoms with Crippen molar-refractivity contribution in [1.29, 1.82) is 0 Å². The summed E-state index contributed by atoms with van der Waals surface area (Å²) in [5.74, 6) is 2.14. The topological polar surface area (TPSA) is 73.6 Å². The van der Waals surface area contributed by atoms with Crippen LogP contribution in [0.2, 0.25) is 0 Å². The van der Waals surface area contributed by atoms with Gasteiger partial charge in [0.2, 0.25) is 0 Å². The second kappa shape index (κ2) is 6.18. The molecule has 8 heteroatoms. The Balaban J connectivity index is 1.86. The van der Waals surface area contributed by atoms with Crippen molar-refractivity contribution in [2.45, 2.75) is 6.54 Å². The molecule has 7 nitrogen and oxygen atoms in total. The molecule has 0 aliphatic heterocycles. The van der Waals surface area contributed by atoms with Crippen LogP contribution in [0, 0.1) is 0 Å². The average Bonchev–Trinajstić information content (AvgIpc) is 3.00. The SMILES string of the molecule is COc1ccc(CNc2nc(Br)cn3ncnc23)c(OC)c1.